The first-order chi connectivity index (χ1) is 14.6. The minimum absolute atomic E-state index is 0.00810. The van der Waals surface area contributed by atoms with Crippen LogP contribution in [-0.4, -0.2) is 47.1 Å². The Labute approximate surface area is 180 Å². The molecule has 1 aliphatic heterocycles. The molecule has 3 aromatic rings. The third-order valence-electron chi connectivity index (χ3n) is 5.16. The second-order valence-corrected chi connectivity index (χ2v) is 7.49. The van der Waals surface area contributed by atoms with Crippen molar-refractivity contribution in [3.8, 4) is 11.4 Å². The molecule has 2 aromatic carbocycles. The van der Waals surface area contributed by atoms with Crippen LogP contribution in [0.1, 0.15) is 18.4 Å². The molecule has 1 aromatic heterocycles. The van der Waals surface area contributed by atoms with E-state index in [-0.39, 0.29) is 5.91 Å². The van der Waals surface area contributed by atoms with Crippen LogP contribution in [-0.2, 0) is 11.2 Å². The second kappa shape index (κ2) is 9.13. The SMILES string of the molecule is CCc1nc(-c2ccc(N3CCN(C(=O)C=Cc4ccccc4Cl)CC3)cc2)no1. The number of rotatable bonds is 5. The molecule has 0 radical (unpaired) electrons. The van der Waals surface area contributed by atoms with Crippen molar-refractivity contribution >= 4 is 29.3 Å². The van der Waals surface area contributed by atoms with Gasteiger partial charge in [0, 0.05) is 54.9 Å². The van der Waals surface area contributed by atoms with Gasteiger partial charge in [-0.15, -0.1) is 0 Å². The van der Waals surface area contributed by atoms with Crippen molar-refractivity contribution in [2.24, 2.45) is 0 Å². The number of piperazine rings is 1. The zero-order chi connectivity index (χ0) is 20.9. The summed E-state index contributed by atoms with van der Waals surface area (Å²) in [6.45, 7) is 4.91. The molecule has 0 atom stereocenters. The molecule has 154 valence electrons. The molecule has 30 heavy (non-hydrogen) atoms. The molecule has 1 amide bonds. The van der Waals surface area contributed by atoms with Gasteiger partial charge in [0.2, 0.25) is 17.6 Å². The molecule has 1 aliphatic rings. The number of halogens is 1. The van der Waals surface area contributed by atoms with Crippen LogP contribution in [0.15, 0.2) is 59.1 Å². The molecule has 0 bridgehead atoms. The quantitative estimate of drug-likeness (QED) is 0.573. The van der Waals surface area contributed by atoms with Crippen LogP contribution in [0.25, 0.3) is 17.5 Å². The number of aryl methyl sites for hydroxylation is 1. The highest BCUT2D eigenvalue weighted by atomic mass is 35.5. The first-order valence-corrected chi connectivity index (χ1v) is 10.4. The number of anilines is 1. The van der Waals surface area contributed by atoms with Crippen LogP contribution in [0.4, 0.5) is 5.69 Å². The van der Waals surface area contributed by atoms with Gasteiger partial charge >= 0.3 is 0 Å². The van der Waals surface area contributed by atoms with Gasteiger partial charge in [-0.3, -0.25) is 4.79 Å². The molecule has 0 unspecified atom stereocenters. The van der Waals surface area contributed by atoms with Crippen LogP contribution in [0.5, 0.6) is 0 Å². The monoisotopic (exact) mass is 422 g/mol. The highest BCUT2D eigenvalue weighted by Crippen LogP contribution is 2.23. The van der Waals surface area contributed by atoms with E-state index in [1.807, 2.05) is 48.2 Å². The Balaban J connectivity index is 1.34. The predicted molar refractivity (Wildman–Crippen MR) is 118 cm³/mol. The Hall–Kier alpha value is -3.12. The van der Waals surface area contributed by atoms with E-state index in [1.54, 1.807) is 12.2 Å². The van der Waals surface area contributed by atoms with Crippen molar-refractivity contribution in [1.82, 2.24) is 15.0 Å². The highest BCUT2D eigenvalue weighted by molar-refractivity contribution is 6.32. The van der Waals surface area contributed by atoms with Crippen LogP contribution >= 0.6 is 11.6 Å². The van der Waals surface area contributed by atoms with E-state index in [0.717, 1.165) is 36.3 Å². The summed E-state index contributed by atoms with van der Waals surface area (Å²) in [6.07, 6.45) is 4.10. The molecule has 0 N–H and O–H groups in total. The van der Waals surface area contributed by atoms with Gasteiger partial charge < -0.3 is 14.3 Å². The van der Waals surface area contributed by atoms with Gasteiger partial charge in [0.1, 0.15) is 0 Å². The van der Waals surface area contributed by atoms with Gasteiger partial charge in [-0.2, -0.15) is 4.98 Å². The zero-order valence-electron chi connectivity index (χ0n) is 16.8. The maximum Gasteiger partial charge on any atom is 0.246 e. The number of carbonyl (C=O) groups excluding carboxylic acids is 1. The van der Waals surface area contributed by atoms with Crippen LogP contribution < -0.4 is 4.90 Å². The summed E-state index contributed by atoms with van der Waals surface area (Å²) >= 11 is 6.14. The Bertz CT molecular complexity index is 1040. The summed E-state index contributed by atoms with van der Waals surface area (Å²) in [6, 6.07) is 15.6. The van der Waals surface area contributed by atoms with Crippen LogP contribution in [0.3, 0.4) is 0 Å². The fraction of sp³-hybridized carbons (Fsp3) is 0.261. The maximum absolute atomic E-state index is 12.5. The number of carbonyl (C=O) groups is 1. The van der Waals surface area contributed by atoms with Crippen molar-refractivity contribution in [2.45, 2.75) is 13.3 Å². The fourth-order valence-electron chi connectivity index (χ4n) is 3.40. The summed E-state index contributed by atoms with van der Waals surface area (Å²) in [5, 5.41) is 4.66. The average molecular weight is 423 g/mol. The molecular weight excluding hydrogens is 400 g/mol. The Morgan fingerprint density at radius 3 is 2.50 bits per heavy atom. The van der Waals surface area contributed by atoms with Gasteiger partial charge in [-0.25, -0.2) is 0 Å². The zero-order valence-corrected chi connectivity index (χ0v) is 17.5. The summed E-state index contributed by atoms with van der Waals surface area (Å²) in [4.78, 5) is 21.0. The van der Waals surface area contributed by atoms with Gasteiger partial charge in [0.05, 0.1) is 0 Å². The van der Waals surface area contributed by atoms with E-state index in [1.165, 1.54) is 0 Å². The molecule has 0 aliphatic carbocycles. The predicted octanol–water partition coefficient (Wildman–Crippen LogP) is 4.31. The van der Waals surface area contributed by atoms with Gasteiger partial charge in [-0.1, -0.05) is 41.9 Å². The number of hydrogen-bond acceptors (Lipinski definition) is 5. The second-order valence-electron chi connectivity index (χ2n) is 7.08. The number of aromatic nitrogens is 2. The normalized spacial score (nSPS) is 14.5. The summed E-state index contributed by atoms with van der Waals surface area (Å²) in [5.41, 5.74) is 2.90. The van der Waals surface area contributed by atoms with E-state index < -0.39 is 0 Å². The Morgan fingerprint density at radius 1 is 1.10 bits per heavy atom. The lowest BCUT2D eigenvalue weighted by Crippen LogP contribution is -2.48. The molecule has 6 nitrogen and oxygen atoms in total. The van der Waals surface area contributed by atoms with Crippen LogP contribution in [0.2, 0.25) is 5.02 Å². The van der Waals surface area contributed by atoms with Gasteiger partial charge in [0.15, 0.2) is 0 Å². The Morgan fingerprint density at radius 2 is 1.83 bits per heavy atom. The molecule has 4 rings (SSSR count). The first kappa shape index (κ1) is 20.2. The van der Waals surface area contributed by atoms with Gasteiger partial charge in [-0.05, 0) is 42.0 Å². The number of amides is 1. The topological polar surface area (TPSA) is 62.5 Å². The van der Waals surface area contributed by atoms with Crippen molar-refractivity contribution in [3.63, 3.8) is 0 Å². The average Bonchev–Trinajstić information content (AvgIpc) is 3.28. The molecule has 0 saturated carbocycles. The van der Waals surface area contributed by atoms with E-state index in [0.29, 0.717) is 29.8 Å². The fourth-order valence-corrected chi connectivity index (χ4v) is 3.60. The minimum Gasteiger partial charge on any atom is -0.368 e. The molecular formula is C23H23ClN4O2. The molecule has 7 heteroatoms. The minimum atomic E-state index is 0.00810. The third-order valence-corrected chi connectivity index (χ3v) is 5.51. The molecule has 0 spiro atoms. The van der Waals surface area contributed by atoms with Crippen molar-refractivity contribution in [3.05, 3.63) is 71.1 Å². The number of benzene rings is 2. The van der Waals surface area contributed by atoms with E-state index in [2.05, 4.69) is 27.2 Å². The number of hydrogen-bond donors (Lipinski definition) is 0. The van der Waals surface area contributed by atoms with E-state index >= 15 is 0 Å². The van der Waals surface area contributed by atoms with E-state index in [9.17, 15) is 4.79 Å². The van der Waals surface area contributed by atoms with Crippen molar-refractivity contribution < 1.29 is 9.32 Å². The van der Waals surface area contributed by atoms with Gasteiger partial charge in [0.25, 0.3) is 0 Å². The molecule has 1 saturated heterocycles. The lowest BCUT2D eigenvalue weighted by atomic mass is 10.1. The van der Waals surface area contributed by atoms with Crippen molar-refractivity contribution in [1.29, 1.82) is 0 Å². The first-order valence-electron chi connectivity index (χ1n) is 10.0. The summed E-state index contributed by atoms with van der Waals surface area (Å²) < 4.78 is 5.18. The standard InChI is InChI=1S/C23H23ClN4O2/c1-2-21-25-23(26-30-21)18-7-10-19(11-8-18)27-13-15-28(16-14-27)22(29)12-9-17-5-3-4-6-20(17)24/h3-12H,2,13-16H2,1H3. The maximum atomic E-state index is 12.5. The van der Waals surface area contributed by atoms with Crippen LogP contribution in [0, 0.1) is 0 Å². The Kier molecular flexibility index (Phi) is 6.14. The third kappa shape index (κ3) is 4.54. The molecule has 2 heterocycles. The summed E-state index contributed by atoms with van der Waals surface area (Å²) in [5.74, 6) is 1.26. The lowest BCUT2D eigenvalue weighted by molar-refractivity contribution is -0.126. The van der Waals surface area contributed by atoms with Crippen molar-refractivity contribution in [2.75, 3.05) is 31.1 Å². The summed E-state index contributed by atoms with van der Waals surface area (Å²) in [7, 11) is 0. The van der Waals surface area contributed by atoms with E-state index in [4.69, 9.17) is 16.1 Å². The smallest absolute Gasteiger partial charge is 0.246 e. The lowest BCUT2D eigenvalue weighted by Gasteiger charge is -2.35. The highest BCUT2D eigenvalue weighted by Gasteiger charge is 2.20. The largest absolute Gasteiger partial charge is 0.368 e. The molecule has 1 fully saturated rings. The number of nitrogens with zero attached hydrogens (tertiary/aromatic N) is 4.